The third-order valence-electron chi connectivity index (χ3n) is 4.74. The minimum atomic E-state index is 0.700. The zero-order chi connectivity index (χ0) is 12.7. The SMILES string of the molecule is Cc1cc(CNC2CCN(C3CC3)C2)c(C)n1C. The van der Waals surface area contributed by atoms with Crippen LogP contribution >= 0.6 is 0 Å². The van der Waals surface area contributed by atoms with Crippen LogP contribution in [0.25, 0.3) is 0 Å². The monoisotopic (exact) mass is 247 g/mol. The Kier molecular flexibility index (Phi) is 3.20. The van der Waals surface area contributed by atoms with Crippen LogP contribution in [0.15, 0.2) is 6.07 Å². The maximum absolute atomic E-state index is 3.74. The van der Waals surface area contributed by atoms with E-state index in [1.807, 2.05) is 0 Å². The van der Waals surface area contributed by atoms with Gasteiger partial charge in [0.2, 0.25) is 0 Å². The zero-order valence-electron chi connectivity index (χ0n) is 11.9. The fourth-order valence-corrected chi connectivity index (χ4v) is 3.09. The van der Waals surface area contributed by atoms with Crippen molar-refractivity contribution >= 4 is 0 Å². The van der Waals surface area contributed by atoms with E-state index in [1.54, 1.807) is 0 Å². The molecule has 1 atom stereocenters. The van der Waals surface area contributed by atoms with Crippen LogP contribution in [-0.4, -0.2) is 34.6 Å². The standard InChI is InChI=1S/C15H25N3/c1-11-8-13(12(2)17(11)3)9-16-14-6-7-18(10-14)15-4-5-15/h8,14-16H,4-7,9-10H2,1-3H3. The summed E-state index contributed by atoms with van der Waals surface area (Å²) in [6, 6.07) is 3.94. The molecule has 3 nitrogen and oxygen atoms in total. The summed E-state index contributed by atoms with van der Waals surface area (Å²) < 4.78 is 2.28. The third-order valence-corrected chi connectivity index (χ3v) is 4.74. The van der Waals surface area contributed by atoms with E-state index in [4.69, 9.17) is 0 Å². The minimum Gasteiger partial charge on any atom is -0.352 e. The number of hydrogen-bond acceptors (Lipinski definition) is 2. The molecule has 0 radical (unpaired) electrons. The van der Waals surface area contributed by atoms with Crippen LogP contribution in [0.5, 0.6) is 0 Å². The summed E-state index contributed by atoms with van der Waals surface area (Å²) in [5, 5.41) is 3.74. The predicted octanol–water partition coefficient (Wildman–Crippen LogP) is 1.97. The van der Waals surface area contributed by atoms with Gasteiger partial charge in [-0.2, -0.15) is 0 Å². The highest BCUT2D eigenvalue weighted by molar-refractivity contribution is 5.26. The molecular formula is C15H25N3. The highest BCUT2D eigenvalue weighted by Crippen LogP contribution is 2.29. The Morgan fingerprint density at radius 3 is 2.67 bits per heavy atom. The molecule has 1 aliphatic carbocycles. The first kappa shape index (κ1) is 12.2. The normalized spacial score (nSPS) is 24.9. The molecule has 2 aliphatic rings. The number of hydrogen-bond donors (Lipinski definition) is 1. The van der Waals surface area contributed by atoms with Gasteiger partial charge in [0.15, 0.2) is 0 Å². The second-order valence-corrected chi connectivity index (χ2v) is 6.05. The molecule has 1 saturated heterocycles. The van der Waals surface area contributed by atoms with Crippen molar-refractivity contribution in [1.29, 1.82) is 0 Å². The topological polar surface area (TPSA) is 20.2 Å². The Labute approximate surface area is 110 Å². The lowest BCUT2D eigenvalue weighted by molar-refractivity contribution is 0.317. The van der Waals surface area contributed by atoms with Gasteiger partial charge in [0.1, 0.15) is 0 Å². The summed E-state index contributed by atoms with van der Waals surface area (Å²) in [5.41, 5.74) is 4.22. The lowest BCUT2D eigenvalue weighted by atomic mass is 10.2. The van der Waals surface area contributed by atoms with Gasteiger partial charge >= 0.3 is 0 Å². The van der Waals surface area contributed by atoms with Crippen molar-refractivity contribution in [3.8, 4) is 0 Å². The van der Waals surface area contributed by atoms with Gasteiger partial charge in [-0.15, -0.1) is 0 Å². The van der Waals surface area contributed by atoms with Crippen molar-refractivity contribution in [3.63, 3.8) is 0 Å². The number of aromatic nitrogens is 1. The molecule has 2 fully saturated rings. The molecule has 18 heavy (non-hydrogen) atoms. The molecule has 0 amide bonds. The van der Waals surface area contributed by atoms with Gasteiger partial charge < -0.3 is 9.88 Å². The molecule has 3 heteroatoms. The lowest BCUT2D eigenvalue weighted by Gasteiger charge is -2.15. The second kappa shape index (κ2) is 4.71. The van der Waals surface area contributed by atoms with Crippen LogP contribution in [0.4, 0.5) is 0 Å². The van der Waals surface area contributed by atoms with Crippen LogP contribution in [-0.2, 0) is 13.6 Å². The molecule has 2 heterocycles. The Hall–Kier alpha value is -0.800. The van der Waals surface area contributed by atoms with Gasteiger partial charge in [-0.1, -0.05) is 0 Å². The van der Waals surface area contributed by atoms with E-state index in [-0.39, 0.29) is 0 Å². The van der Waals surface area contributed by atoms with Gasteiger partial charge in [0.05, 0.1) is 0 Å². The molecule has 1 saturated carbocycles. The maximum atomic E-state index is 3.74. The summed E-state index contributed by atoms with van der Waals surface area (Å²) in [7, 11) is 2.15. The average molecular weight is 247 g/mol. The Bertz CT molecular complexity index is 431. The first-order valence-electron chi connectivity index (χ1n) is 7.24. The van der Waals surface area contributed by atoms with E-state index in [2.05, 4.69) is 41.7 Å². The molecule has 1 unspecified atom stereocenters. The summed E-state index contributed by atoms with van der Waals surface area (Å²) in [6.07, 6.45) is 4.19. The van der Waals surface area contributed by atoms with Gasteiger partial charge in [-0.3, -0.25) is 4.90 Å². The van der Waals surface area contributed by atoms with Gasteiger partial charge in [0, 0.05) is 50.2 Å². The molecular weight excluding hydrogens is 222 g/mol. The van der Waals surface area contributed by atoms with Crippen LogP contribution < -0.4 is 5.32 Å². The molecule has 1 N–H and O–H groups in total. The third kappa shape index (κ3) is 2.34. The fourth-order valence-electron chi connectivity index (χ4n) is 3.09. The van der Waals surface area contributed by atoms with E-state index in [1.165, 1.54) is 49.3 Å². The smallest absolute Gasteiger partial charge is 0.0226 e. The zero-order valence-corrected chi connectivity index (χ0v) is 11.9. The number of nitrogens with zero attached hydrogens (tertiary/aromatic N) is 2. The van der Waals surface area contributed by atoms with Crippen LogP contribution in [0, 0.1) is 13.8 Å². The quantitative estimate of drug-likeness (QED) is 0.878. The first-order chi connectivity index (χ1) is 8.65. The number of rotatable bonds is 4. The van der Waals surface area contributed by atoms with Crippen molar-refractivity contribution in [2.45, 2.75) is 51.7 Å². The highest BCUT2D eigenvalue weighted by atomic mass is 15.2. The van der Waals surface area contributed by atoms with Crippen molar-refractivity contribution in [1.82, 2.24) is 14.8 Å². The molecule has 3 rings (SSSR count). The van der Waals surface area contributed by atoms with E-state index < -0.39 is 0 Å². The number of aryl methyl sites for hydroxylation is 1. The van der Waals surface area contributed by atoms with E-state index >= 15 is 0 Å². The Morgan fingerprint density at radius 1 is 1.28 bits per heavy atom. The number of likely N-dealkylation sites (tertiary alicyclic amines) is 1. The lowest BCUT2D eigenvalue weighted by Crippen LogP contribution is -2.32. The first-order valence-corrected chi connectivity index (χ1v) is 7.24. The average Bonchev–Trinajstić information content (AvgIpc) is 3.06. The van der Waals surface area contributed by atoms with Gasteiger partial charge in [-0.25, -0.2) is 0 Å². The van der Waals surface area contributed by atoms with Crippen LogP contribution in [0.3, 0.4) is 0 Å². The second-order valence-electron chi connectivity index (χ2n) is 6.05. The Balaban J connectivity index is 1.53. The summed E-state index contributed by atoms with van der Waals surface area (Å²) in [5.74, 6) is 0. The molecule has 0 aromatic carbocycles. The summed E-state index contributed by atoms with van der Waals surface area (Å²) >= 11 is 0. The highest BCUT2D eigenvalue weighted by Gasteiger charge is 2.34. The minimum absolute atomic E-state index is 0.700. The van der Waals surface area contributed by atoms with E-state index in [9.17, 15) is 0 Å². The largest absolute Gasteiger partial charge is 0.352 e. The Morgan fingerprint density at radius 2 is 2.06 bits per heavy atom. The van der Waals surface area contributed by atoms with Crippen molar-refractivity contribution in [2.24, 2.45) is 7.05 Å². The van der Waals surface area contributed by atoms with E-state index in [0.717, 1.165) is 12.6 Å². The molecule has 1 aliphatic heterocycles. The molecule has 1 aromatic rings. The molecule has 0 spiro atoms. The fraction of sp³-hybridized carbons (Fsp3) is 0.733. The van der Waals surface area contributed by atoms with E-state index in [0.29, 0.717) is 6.04 Å². The van der Waals surface area contributed by atoms with Gasteiger partial charge in [-0.05, 0) is 44.7 Å². The van der Waals surface area contributed by atoms with Crippen molar-refractivity contribution in [3.05, 3.63) is 23.0 Å². The maximum Gasteiger partial charge on any atom is 0.0226 e. The summed E-state index contributed by atoms with van der Waals surface area (Å²) in [4.78, 5) is 2.67. The van der Waals surface area contributed by atoms with Crippen molar-refractivity contribution < 1.29 is 0 Å². The van der Waals surface area contributed by atoms with Gasteiger partial charge in [0.25, 0.3) is 0 Å². The van der Waals surface area contributed by atoms with Crippen molar-refractivity contribution in [2.75, 3.05) is 13.1 Å². The molecule has 1 aromatic heterocycles. The molecule has 100 valence electrons. The van der Waals surface area contributed by atoms with Crippen LogP contribution in [0.2, 0.25) is 0 Å². The number of nitrogens with one attached hydrogen (secondary N) is 1. The summed E-state index contributed by atoms with van der Waals surface area (Å²) in [6.45, 7) is 7.98. The van der Waals surface area contributed by atoms with Crippen LogP contribution in [0.1, 0.15) is 36.2 Å². The predicted molar refractivity (Wildman–Crippen MR) is 74.7 cm³/mol. The molecule has 0 bridgehead atoms.